The second-order valence-corrected chi connectivity index (χ2v) is 6.87. The van der Waals surface area contributed by atoms with Crippen molar-refractivity contribution in [2.75, 3.05) is 13.1 Å². The summed E-state index contributed by atoms with van der Waals surface area (Å²) in [5.41, 5.74) is 7.74. The van der Waals surface area contributed by atoms with Crippen molar-refractivity contribution in [3.05, 3.63) is 54.5 Å². The van der Waals surface area contributed by atoms with Gasteiger partial charge in [-0.25, -0.2) is 17.5 Å². The lowest BCUT2D eigenvalue weighted by atomic mass is 10.1. The maximum absolute atomic E-state index is 13.2. The highest BCUT2D eigenvalue weighted by Crippen LogP contribution is 2.29. The smallest absolute Gasteiger partial charge is 0.240 e. The first-order chi connectivity index (χ1) is 11.0. The monoisotopic (exact) mass is 333 g/mol. The van der Waals surface area contributed by atoms with Gasteiger partial charge in [0.1, 0.15) is 5.82 Å². The summed E-state index contributed by atoms with van der Waals surface area (Å²) in [7, 11) is -3.54. The number of rotatable bonds is 5. The number of hydrogen-bond donors (Lipinski definition) is 3. The molecular formula is C16H16FN3O2S. The van der Waals surface area contributed by atoms with E-state index >= 15 is 0 Å². The third kappa shape index (κ3) is 3.12. The van der Waals surface area contributed by atoms with Crippen molar-refractivity contribution < 1.29 is 12.8 Å². The standard InChI is InChI=1S/C16H16FN3O2S/c17-12-3-6-14-15(10-19-16(14)9-12)11-1-4-13(5-2-11)23(21,22)20-8-7-18/h1-6,9-10,19-20H,7-8,18H2. The van der Waals surface area contributed by atoms with Crippen LogP contribution in [0.1, 0.15) is 0 Å². The Morgan fingerprint density at radius 2 is 1.87 bits per heavy atom. The van der Waals surface area contributed by atoms with Gasteiger partial charge in [-0.05, 0) is 35.9 Å². The molecular weight excluding hydrogens is 317 g/mol. The van der Waals surface area contributed by atoms with Crippen LogP contribution >= 0.6 is 0 Å². The number of halogens is 1. The topological polar surface area (TPSA) is 88.0 Å². The maximum atomic E-state index is 13.2. The zero-order chi connectivity index (χ0) is 16.4. The Hall–Kier alpha value is -2.22. The van der Waals surface area contributed by atoms with Gasteiger partial charge in [-0.1, -0.05) is 12.1 Å². The minimum Gasteiger partial charge on any atom is -0.360 e. The van der Waals surface area contributed by atoms with Crippen LogP contribution in [0.5, 0.6) is 0 Å². The van der Waals surface area contributed by atoms with Gasteiger partial charge < -0.3 is 10.7 Å². The average Bonchev–Trinajstić information content (AvgIpc) is 2.96. The molecule has 0 atom stereocenters. The molecule has 1 aromatic heterocycles. The van der Waals surface area contributed by atoms with Crippen molar-refractivity contribution in [3.63, 3.8) is 0 Å². The van der Waals surface area contributed by atoms with Gasteiger partial charge >= 0.3 is 0 Å². The fourth-order valence-corrected chi connectivity index (χ4v) is 3.48. The summed E-state index contributed by atoms with van der Waals surface area (Å²) < 4.78 is 39.7. The zero-order valence-electron chi connectivity index (χ0n) is 12.2. The third-order valence-electron chi connectivity index (χ3n) is 3.56. The number of aromatic amines is 1. The van der Waals surface area contributed by atoms with Gasteiger partial charge in [0.15, 0.2) is 0 Å². The number of hydrogen-bond acceptors (Lipinski definition) is 3. The molecule has 23 heavy (non-hydrogen) atoms. The van der Waals surface area contributed by atoms with Crippen LogP contribution in [-0.2, 0) is 10.0 Å². The Morgan fingerprint density at radius 3 is 2.57 bits per heavy atom. The van der Waals surface area contributed by atoms with Crippen LogP contribution in [0, 0.1) is 5.82 Å². The SMILES string of the molecule is NCCNS(=O)(=O)c1ccc(-c2c[nH]c3cc(F)ccc23)cc1. The minimum atomic E-state index is -3.54. The Balaban J connectivity index is 1.95. The van der Waals surface area contributed by atoms with Crippen LogP contribution in [0.3, 0.4) is 0 Å². The van der Waals surface area contributed by atoms with Crippen LogP contribution in [-0.4, -0.2) is 26.5 Å². The molecule has 120 valence electrons. The van der Waals surface area contributed by atoms with Crippen molar-refractivity contribution in [2.24, 2.45) is 5.73 Å². The fourth-order valence-electron chi connectivity index (χ4n) is 2.43. The summed E-state index contributed by atoms with van der Waals surface area (Å²) in [6.07, 6.45) is 1.78. The summed E-state index contributed by atoms with van der Waals surface area (Å²) in [4.78, 5) is 3.20. The summed E-state index contributed by atoms with van der Waals surface area (Å²) >= 11 is 0. The van der Waals surface area contributed by atoms with Gasteiger partial charge in [-0.3, -0.25) is 0 Å². The molecule has 0 aliphatic rings. The molecule has 0 fully saturated rings. The van der Waals surface area contributed by atoms with E-state index in [2.05, 4.69) is 9.71 Å². The molecule has 0 amide bonds. The highest BCUT2D eigenvalue weighted by atomic mass is 32.2. The number of sulfonamides is 1. The van der Waals surface area contributed by atoms with E-state index in [1.807, 2.05) is 0 Å². The van der Waals surface area contributed by atoms with Gasteiger partial charge in [0.25, 0.3) is 0 Å². The van der Waals surface area contributed by atoms with Crippen molar-refractivity contribution in [2.45, 2.75) is 4.90 Å². The number of H-pyrrole nitrogens is 1. The van der Waals surface area contributed by atoms with Gasteiger partial charge in [-0.15, -0.1) is 0 Å². The Bertz CT molecular complexity index is 934. The maximum Gasteiger partial charge on any atom is 0.240 e. The van der Waals surface area contributed by atoms with Crippen molar-refractivity contribution in [1.82, 2.24) is 9.71 Å². The zero-order valence-corrected chi connectivity index (χ0v) is 13.0. The first-order valence-corrected chi connectivity index (χ1v) is 8.56. The van der Waals surface area contributed by atoms with E-state index < -0.39 is 10.0 Å². The number of aromatic nitrogens is 1. The molecule has 0 saturated carbocycles. The molecule has 0 saturated heterocycles. The lowest BCUT2D eigenvalue weighted by molar-refractivity contribution is 0.582. The quantitative estimate of drug-likeness (QED) is 0.669. The second kappa shape index (κ2) is 6.11. The number of nitrogens with one attached hydrogen (secondary N) is 2. The largest absolute Gasteiger partial charge is 0.360 e. The number of benzene rings is 2. The van der Waals surface area contributed by atoms with Gasteiger partial charge in [-0.2, -0.15) is 0 Å². The Morgan fingerprint density at radius 1 is 1.13 bits per heavy atom. The lowest BCUT2D eigenvalue weighted by Gasteiger charge is -2.06. The molecule has 0 aliphatic heterocycles. The highest BCUT2D eigenvalue weighted by molar-refractivity contribution is 7.89. The van der Waals surface area contributed by atoms with Crippen molar-refractivity contribution in [1.29, 1.82) is 0 Å². The summed E-state index contributed by atoms with van der Waals surface area (Å²) in [6.45, 7) is 0.432. The van der Waals surface area contributed by atoms with Crippen molar-refractivity contribution in [3.8, 4) is 11.1 Å². The van der Waals surface area contributed by atoms with E-state index in [9.17, 15) is 12.8 Å². The molecule has 1 heterocycles. The average molecular weight is 333 g/mol. The highest BCUT2D eigenvalue weighted by Gasteiger charge is 2.13. The fraction of sp³-hybridized carbons (Fsp3) is 0.125. The molecule has 0 spiro atoms. The number of fused-ring (bicyclic) bond motifs is 1. The van der Waals surface area contributed by atoms with E-state index in [1.165, 1.54) is 24.3 Å². The van der Waals surface area contributed by atoms with Gasteiger partial charge in [0.2, 0.25) is 10.0 Å². The molecule has 2 aromatic carbocycles. The van der Waals surface area contributed by atoms with Crippen LogP contribution in [0.4, 0.5) is 4.39 Å². The molecule has 3 aromatic rings. The summed E-state index contributed by atoms with van der Waals surface area (Å²) in [5, 5.41) is 0.878. The van der Waals surface area contributed by atoms with Crippen LogP contribution in [0.15, 0.2) is 53.6 Å². The van der Waals surface area contributed by atoms with Crippen molar-refractivity contribution >= 4 is 20.9 Å². The van der Waals surface area contributed by atoms with Gasteiger partial charge in [0.05, 0.1) is 4.90 Å². The molecule has 4 N–H and O–H groups in total. The molecule has 0 unspecified atom stereocenters. The van der Waals surface area contributed by atoms with E-state index in [1.54, 1.807) is 24.4 Å². The first kappa shape index (κ1) is 15.7. The van der Waals surface area contributed by atoms with E-state index in [-0.39, 0.29) is 23.8 Å². The second-order valence-electron chi connectivity index (χ2n) is 5.10. The van der Waals surface area contributed by atoms with Gasteiger partial charge in [0, 0.05) is 35.8 Å². The van der Waals surface area contributed by atoms with Crippen LogP contribution < -0.4 is 10.5 Å². The van der Waals surface area contributed by atoms with Crippen LogP contribution in [0.2, 0.25) is 0 Å². The lowest BCUT2D eigenvalue weighted by Crippen LogP contribution is -2.29. The third-order valence-corrected chi connectivity index (χ3v) is 5.03. The number of nitrogens with two attached hydrogens (primary N) is 1. The predicted molar refractivity (Wildman–Crippen MR) is 87.9 cm³/mol. The predicted octanol–water partition coefficient (Wildman–Crippen LogP) is 2.21. The molecule has 7 heteroatoms. The summed E-state index contributed by atoms with van der Waals surface area (Å²) in [5.74, 6) is -0.307. The molecule has 3 rings (SSSR count). The molecule has 0 aliphatic carbocycles. The Labute approximate surface area is 133 Å². The molecule has 5 nitrogen and oxygen atoms in total. The van der Waals surface area contributed by atoms with Crippen LogP contribution in [0.25, 0.3) is 22.0 Å². The van der Waals surface area contributed by atoms with E-state index in [0.29, 0.717) is 5.52 Å². The minimum absolute atomic E-state index is 0.181. The van der Waals surface area contributed by atoms with E-state index in [4.69, 9.17) is 5.73 Å². The normalized spacial score (nSPS) is 11.9. The molecule has 0 bridgehead atoms. The summed E-state index contributed by atoms with van der Waals surface area (Å²) in [6, 6.07) is 11.0. The van der Waals surface area contributed by atoms with E-state index in [0.717, 1.165) is 16.5 Å². The Kier molecular flexibility index (Phi) is 4.16. The first-order valence-electron chi connectivity index (χ1n) is 7.08. The molecule has 0 radical (unpaired) electrons.